The quantitative estimate of drug-likeness (QED) is 0.852. The van der Waals surface area contributed by atoms with Gasteiger partial charge >= 0.3 is 0 Å². The molecule has 4 nitrogen and oxygen atoms in total. The van der Waals surface area contributed by atoms with Crippen molar-refractivity contribution < 1.29 is 14.3 Å². The molecule has 0 fully saturated rings. The molecular weight excluding hydrogens is 298 g/mol. The average molecular weight is 315 g/mol. The molecule has 0 radical (unpaired) electrons. The molecule has 0 spiro atoms. The first-order chi connectivity index (χ1) is 10.8. The van der Waals surface area contributed by atoms with Gasteiger partial charge in [-0.3, -0.25) is 4.79 Å². The zero-order chi connectivity index (χ0) is 14.9. The summed E-state index contributed by atoms with van der Waals surface area (Å²) in [5.41, 5.74) is 2.09. The SMILES string of the molecule is O=C(Nc1ccc2c(c1)OCO2)c1cc2c(s1)CCCCC2. The number of nitrogens with one attached hydrogen (secondary N) is 1. The number of anilines is 1. The molecule has 2 aliphatic rings. The van der Waals surface area contributed by atoms with Crippen molar-refractivity contribution in [3.63, 3.8) is 0 Å². The van der Waals surface area contributed by atoms with Crippen LogP contribution in [0.1, 0.15) is 39.4 Å². The molecule has 4 rings (SSSR count). The molecule has 1 N–H and O–H groups in total. The van der Waals surface area contributed by atoms with Gasteiger partial charge in [-0.15, -0.1) is 11.3 Å². The van der Waals surface area contributed by atoms with E-state index in [4.69, 9.17) is 9.47 Å². The monoisotopic (exact) mass is 315 g/mol. The van der Waals surface area contributed by atoms with Crippen molar-refractivity contribution in [1.29, 1.82) is 0 Å². The second kappa shape index (κ2) is 5.65. The maximum absolute atomic E-state index is 12.4. The molecule has 1 aromatic carbocycles. The summed E-state index contributed by atoms with van der Waals surface area (Å²) >= 11 is 1.63. The highest BCUT2D eigenvalue weighted by Crippen LogP contribution is 2.35. The number of rotatable bonds is 2. The van der Waals surface area contributed by atoms with Crippen LogP contribution in [0.3, 0.4) is 0 Å². The van der Waals surface area contributed by atoms with E-state index in [0.29, 0.717) is 5.75 Å². The zero-order valence-electron chi connectivity index (χ0n) is 12.2. The number of ether oxygens (including phenoxy) is 2. The zero-order valence-corrected chi connectivity index (χ0v) is 13.0. The minimum atomic E-state index is -0.0445. The third kappa shape index (κ3) is 2.57. The summed E-state index contributed by atoms with van der Waals surface area (Å²) in [5.74, 6) is 1.36. The summed E-state index contributed by atoms with van der Waals surface area (Å²) < 4.78 is 10.6. The number of benzene rings is 1. The van der Waals surface area contributed by atoms with E-state index < -0.39 is 0 Å². The Hall–Kier alpha value is -2.01. The number of carbonyl (C=O) groups excluding carboxylic acids is 1. The van der Waals surface area contributed by atoms with Gasteiger partial charge in [0.2, 0.25) is 6.79 Å². The van der Waals surface area contributed by atoms with E-state index in [2.05, 4.69) is 11.4 Å². The van der Waals surface area contributed by atoms with Crippen LogP contribution in [0.25, 0.3) is 0 Å². The number of carbonyl (C=O) groups is 1. The Labute approximate surface area is 133 Å². The van der Waals surface area contributed by atoms with Crippen molar-refractivity contribution in [2.24, 2.45) is 0 Å². The lowest BCUT2D eigenvalue weighted by Crippen LogP contribution is -2.10. The predicted molar refractivity (Wildman–Crippen MR) is 86.1 cm³/mol. The van der Waals surface area contributed by atoms with Gasteiger partial charge in [-0.1, -0.05) is 6.42 Å². The molecule has 1 aliphatic heterocycles. The molecule has 22 heavy (non-hydrogen) atoms. The lowest BCUT2D eigenvalue weighted by Gasteiger charge is -2.04. The van der Waals surface area contributed by atoms with Crippen LogP contribution < -0.4 is 14.8 Å². The number of fused-ring (bicyclic) bond motifs is 2. The Morgan fingerprint density at radius 1 is 1.05 bits per heavy atom. The molecule has 1 aliphatic carbocycles. The summed E-state index contributed by atoms with van der Waals surface area (Å²) in [5, 5.41) is 2.95. The third-order valence-electron chi connectivity index (χ3n) is 4.10. The minimum absolute atomic E-state index is 0.0445. The van der Waals surface area contributed by atoms with Gasteiger partial charge in [0.15, 0.2) is 11.5 Å². The van der Waals surface area contributed by atoms with Crippen LogP contribution in [0, 0.1) is 0 Å². The summed E-state index contributed by atoms with van der Waals surface area (Å²) in [6.45, 7) is 0.240. The normalized spacial score (nSPS) is 16.0. The molecule has 0 saturated carbocycles. The summed E-state index contributed by atoms with van der Waals surface area (Å²) in [4.78, 5) is 14.6. The van der Waals surface area contributed by atoms with E-state index in [1.165, 1.54) is 29.7 Å². The third-order valence-corrected chi connectivity index (χ3v) is 5.34. The first-order valence-electron chi connectivity index (χ1n) is 7.62. The van der Waals surface area contributed by atoms with Gasteiger partial charge < -0.3 is 14.8 Å². The van der Waals surface area contributed by atoms with Crippen LogP contribution >= 0.6 is 11.3 Å². The van der Waals surface area contributed by atoms with Gasteiger partial charge in [0, 0.05) is 16.6 Å². The fourth-order valence-electron chi connectivity index (χ4n) is 2.95. The van der Waals surface area contributed by atoms with Crippen LogP contribution in [-0.2, 0) is 12.8 Å². The highest BCUT2D eigenvalue weighted by Gasteiger charge is 2.18. The van der Waals surface area contributed by atoms with Gasteiger partial charge in [-0.05, 0) is 49.4 Å². The Kier molecular flexibility index (Phi) is 3.50. The van der Waals surface area contributed by atoms with E-state index in [9.17, 15) is 4.79 Å². The van der Waals surface area contributed by atoms with E-state index in [1.54, 1.807) is 17.4 Å². The van der Waals surface area contributed by atoms with Crippen molar-refractivity contribution in [3.8, 4) is 11.5 Å². The van der Waals surface area contributed by atoms with Crippen molar-refractivity contribution in [2.75, 3.05) is 12.1 Å². The van der Waals surface area contributed by atoms with Crippen molar-refractivity contribution >= 4 is 22.9 Å². The molecular formula is C17H17NO3S. The number of thiophene rings is 1. The lowest BCUT2D eigenvalue weighted by atomic mass is 10.1. The van der Waals surface area contributed by atoms with Crippen molar-refractivity contribution in [1.82, 2.24) is 0 Å². The molecule has 0 bridgehead atoms. The second-order valence-corrected chi connectivity index (χ2v) is 6.78. The molecule has 114 valence electrons. The van der Waals surface area contributed by atoms with Gasteiger partial charge in [-0.25, -0.2) is 0 Å². The largest absolute Gasteiger partial charge is 0.454 e. The first kappa shape index (κ1) is 13.6. The lowest BCUT2D eigenvalue weighted by molar-refractivity contribution is 0.103. The molecule has 1 aromatic heterocycles. The Morgan fingerprint density at radius 2 is 1.91 bits per heavy atom. The van der Waals surface area contributed by atoms with E-state index >= 15 is 0 Å². The predicted octanol–water partition coefficient (Wildman–Crippen LogP) is 4.00. The topological polar surface area (TPSA) is 47.6 Å². The van der Waals surface area contributed by atoms with Crippen molar-refractivity contribution in [2.45, 2.75) is 32.1 Å². The van der Waals surface area contributed by atoms with E-state index in [1.807, 2.05) is 12.1 Å². The van der Waals surface area contributed by atoms with Crippen LogP contribution in [0.4, 0.5) is 5.69 Å². The number of hydrogen-bond donors (Lipinski definition) is 1. The molecule has 2 aromatic rings. The van der Waals surface area contributed by atoms with E-state index in [0.717, 1.165) is 29.2 Å². The molecule has 0 saturated heterocycles. The first-order valence-corrected chi connectivity index (χ1v) is 8.44. The number of hydrogen-bond acceptors (Lipinski definition) is 4. The summed E-state index contributed by atoms with van der Waals surface area (Å²) in [6.07, 6.45) is 5.96. The highest BCUT2D eigenvalue weighted by atomic mass is 32.1. The highest BCUT2D eigenvalue weighted by molar-refractivity contribution is 7.14. The van der Waals surface area contributed by atoms with Gasteiger partial charge in [-0.2, -0.15) is 0 Å². The fraction of sp³-hybridized carbons (Fsp3) is 0.353. The number of amides is 1. The van der Waals surface area contributed by atoms with Crippen LogP contribution in [0.5, 0.6) is 11.5 Å². The Balaban J connectivity index is 1.52. The molecule has 2 heterocycles. The second-order valence-electron chi connectivity index (χ2n) is 5.64. The maximum Gasteiger partial charge on any atom is 0.265 e. The minimum Gasteiger partial charge on any atom is -0.454 e. The summed E-state index contributed by atoms with van der Waals surface area (Å²) in [7, 11) is 0. The maximum atomic E-state index is 12.4. The molecule has 1 amide bonds. The standard InChI is InChI=1S/C17H17NO3S/c19-17(16-8-11-4-2-1-3-5-15(11)22-16)18-12-6-7-13-14(9-12)21-10-20-13/h6-9H,1-5,10H2,(H,18,19). The molecule has 0 unspecified atom stereocenters. The fourth-order valence-corrected chi connectivity index (χ4v) is 4.10. The smallest absolute Gasteiger partial charge is 0.265 e. The van der Waals surface area contributed by atoms with Crippen LogP contribution in [0.15, 0.2) is 24.3 Å². The Bertz CT molecular complexity index is 699. The average Bonchev–Trinajstić information content (AvgIpc) is 3.09. The van der Waals surface area contributed by atoms with Crippen LogP contribution in [-0.4, -0.2) is 12.7 Å². The van der Waals surface area contributed by atoms with Gasteiger partial charge in [0.05, 0.1) is 4.88 Å². The van der Waals surface area contributed by atoms with Gasteiger partial charge in [0.1, 0.15) is 0 Å². The van der Waals surface area contributed by atoms with E-state index in [-0.39, 0.29) is 12.7 Å². The Morgan fingerprint density at radius 3 is 2.86 bits per heavy atom. The van der Waals surface area contributed by atoms with Crippen molar-refractivity contribution in [3.05, 3.63) is 39.6 Å². The number of aryl methyl sites for hydroxylation is 2. The van der Waals surface area contributed by atoms with Gasteiger partial charge in [0.25, 0.3) is 5.91 Å². The molecule has 0 atom stereocenters. The molecule has 5 heteroatoms. The summed E-state index contributed by atoms with van der Waals surface area (Å²) in [6, 6.07) is 7.53. The van der Waals surface area contributed by atoms with Crippen LogP contribution in [0.2, 0.25) is 0 Å².